The summed E-state index contributed by atoms with van der Waals surface area (Å²) in [4.78, 5) is 24.5. The SMILES string of the molecule is CCOc1ccc(C(=O)NCC(=O)Nc2ccc3c(c2)-c2ccccc2C3)cc1. The number of hydrogen-bond donors (Lipinski definition) is 2. The van der Waals surface area contributed by atoms with Gasteiger partial charge in [0.15, 0.2) is 0 Å². The molecule has 2 amide bonds. The molecule has 0 heterocycles. The van der Waals surface area contributed by atoms with Crippen molar-refractivity contribution < 1.29 is 14.3 Å². The molecule has 0 unspecified atom stereocenters. The number of nitrogens with one attached hydrogen (secondary N) is 2. The van der Waals surface area contributed by atoms with Crippen LogP contribution in [0.1, 0.15) is 28.4 Å². The van der Waals surface area contributed by atoms with Gasteiger partial charge in [0.05, 0.1) is 13.2 Å². The third kappa shape index (κ3) is 4.14. The van der Waals surface area contributed by atoms with E-state index in [0.29, 0.717) is 17.9 Å². The number of ether oxygens (including phenoxy) is 1. The molecule has 0 fully saturated rings. The first-order chi connectivity index (χ1) is 14.1. The lowest BCUT2D eigenvalue weighted by molar-refractivity contribution is -0.115. The Kier molecular flexibility index (Phi) is 5.29. The van der Waals surface area contributed by atoms with E-state index in [1.807, 2.05) is 37.3 Å². The Balaban J connectivity index is 1.35. The zero-order chi connectivity index (χ0) is 20.2. The molecule has 29 heavy (non-hydrogen) atoms. The molecule has 0 atom stereocenters. The molecule has 1 aliphatic carbocycles. The number of hydrogen-bond acceptors (Lipinski definition) is 3. The molecule has 0 bridgehead atoms. The number of amides is 2. The predicted octanol–water partition coefficient (Wildman–Crippen LogP) is 4.03. The topological polar surface area (TPSA) is 67.4 Å². The number of carbonyl (C=O) groups excluding carboxylic acids is 2. The predicted molar refractivity (Wildman–Crippen MR) is 113 cm³/mol. The van der Waals surface area contributed by atoms with Gasteiger partial charge in [0.1, 0.15) is 5.75 Å². The summed E-state index contributed by atoms with van der Waals surface area (Å²) in [5.74, 6) is 0.140. The maximum Gasteiger partial charge on any atom is 0.251 e. The van der Waals surface area contributed by atoms with E-state index in [4.69, 9.17) is 4.74 Å². The fourth-order valence-corrected chi connectivity index (χ4v) is 3.54. The summed E-state index contributed by atoms with van der Waals surface area (Å²) in [7, 11) is 0. The number of fused-ring (bicyclic) bond motifs is 3. The summed E-state index contributed by atoms with van der Waals surface area (Å²) < 4.78 is 5.36. The number of carbonyl (C=O) groups is 2. The van der Waals surface area contributed by atoms with Crippen molar-refractivity contribution in [2.75, 3.05) is 18.5 Å². The highest BCUT2D eigenvalue weighted by atomic mass is 16.5. The highest BCUT2D eigenvalue weighted by molar-refractivity contribution is 5.99. The van der Waals surface area contributed by atoms with Crippen LogP contribution in [-0.4, -0.2) is 25.0 Å². The largest absolute Gasteiger partial charge is 0.494 e. The molecule has 4 rings (SSSR count). The fourth-order valence-electron chi connectivity index (χ4n) is 3.54. The first kappa shape index (κ1) is 18.7. The Morgan fingerprint density at radius 3 is 2.48 bits per heavy atom. The van der Waals surface area contributed by atoms with Gasteiger partial charge in [-0.05, 0) is 72.0 Å². The number of anilines is 1. The van der Waals surface area contributed by atoms with Crippen LogP contribution in [0, 0.1) is 0 Å². The van der Waals surface area contributed by atoms with Gasteiger partial charge in [-0.15, -0.1) is 0 Å². The van der Waals surface area contributed by atoms with E-state index in [9.17, 15) is 9.59 Å². The van der Waals surface area contributed by atoms with Crippen LogP contribution >= 0.6 is 0 Å². The van der Waals surface area contributed by atoms with Crippen LogP contribution < -0.4 is 15.4 Å². The van der Waals surface area contributed by atoms with E-state index in [2.05, 4.69) is 22.8 Å². The molecule has 0 spiro atoms. The lowest BCUT2D eigenvalue weighted by atomic mass is 10.1. The molecular weight excluding hydrogens is 364 g/mol. The average Bonchev–Trinajstić information content (AvgIpc) is 3.11. The second kappa shape index (κ2) is 8.19. The van der Waals surface area contributed by atoms with Gasteiger partial charge in [-0.2, -0.15) is 0 Å². The lowest BCUT2D eigenvalue weighted by Gasteiger charge is -2.09. The smallest absolute Gasteiger partial charge is 0.251 e. The van der Waals surface area contributed by atoms with Gasteiger partial charge < -0.3 is 15.4 Å². The monoisotopic (exact) mass is 386 g/mol. The normalized spacial score (nSPS) is 11.3. The van der Waals surface area contributed by atoms with Crippen LogP contribution in [0.15, 0.2) is 66.7 Å². The van der Waals surface area contributed by atoms with Crippen molar-refractivity contribution in [1.29, 1.82) is 0 Å². The Morgan fingerprint density at radius 2 is 1.69 bits per heavy atom. The molecule has 0 radical (unpaired) electrons. The third-order valence-corrected chi connectivity index (χ3v) is 4.92. The molecule has 1 aliphatic rings. The highest BCUT2D eigenvalue weighted by Crippen LogP contribution is 2.37. The van der Waals surface area contributed by atoms with Gasteiger partial charge in [0.25, 0.3) is 5.91 Å². The van der Waals surface area contributed by atoms with Gasteiger partial charge in [-0.1, -0.05) is 30.3 Å². The zero-order valence-electron chi connectivity index (χ0n) is 16.2. The summed E-state index contributed by atoms with van der Waals surface area (Å²) >= 11 is 0. The van der Waals surface area contributed by atoms with Crippen molar-refractivity contribution in [3.05, 3.63) is 83.4 Å². The molecule has 0 saturated carbocycles. The van der Waals surface area contributed by atoms with E-state index in [1.165, 1.54) is 16.7 Å². The molecule has 5 nitrogen and oxygen atoms in total. The van der Waals surface area contributed by atoms with Crippen LogP contribution in [-0.2, 0) is 11.2 Å². The number of benzene rings is 3. The van der Waals surface area contributed by atoms with Gasteiger partial charge in [0, 0.05) is 11.3 Å². The molecular formula is C24H22N2O3. The van der Waals surface area contributed by atoms with Crippen molar-refractivity contribution in [2.45, 2.75) is 13.3 Å². The standard InChI is InChI=1S/C24H22N2O3/c1-2-29-20-11-8-16(9-12-20)24(28)25-15-23(27)26-19-10-7-18-13-17-5-3-4-6-21(17)22(18)14-19/h3-12,14H,2,13,15H2,1H3,(H,25,28)(H,26,27). The molecule has 5 heteroatoms. The maximum atomic E-state index is 12.3. The van der Waals surface area contributed by atoms with Crippen LogP contribution in [0.4, 0.5) is 5.69 Å². The van der Waals surface area contributed by atoms with Gasteiger partial charge in [-0.3, -0.25) is 9.59 Å². The molecule has 0 saturated heterocycles. The molecule has 146 valence electrons. The number of rotatable bonds is 6. The summed E-state index contributed by atoms with van der Waals surface area (Å²) in [6, 6.07) is 21.1. The quantitative estimate of drug-likeness (QED) is 0.526. The minimum Gasteiger partial charge on any atom is -0.494 e. The van der Waals surface area contributed by atoms with Gasteiger partial charge >= 0.3 is 0 Å². The Bertz CT molecular complexity index is 1060. The van der Waals surface area contributed by atoms with E-state index < -0.39 is 0 Å². The van der Waals surface area contributed by atoms with Crippen molar-refractivity contribution >= 4 is 17.5 Å². The van der Waals surface area contributed by atoms with Crippen LogP contribution in [0.3, 0.4) is 0 Å². The van der Waals surface area contributed by atoms with Gasteiger partial charge in [0.2, 0.25) is 5.91 Å². The van der Waals surface area contributed by atoms with Crippen LogP contribution in [0.2, 0.25) is 0 Å². The van der Waals surface area contributed by atoms with Crippen molar-refractivity contribution in [3.63, 3.8) is 0 Å². The minimum atomic E-state index is -0.300. The molecule has 0 aliphatic heterocycles. The van der Waals surface area contributed by atoms with Crippen LogP contribution in [0.5, 0.6) is 5.75 Å². The van der Waals surface area contributed by atoms with Gasteiger partial charge in [-0.25, -0.2) is 0 Å². The van der Waals surface area contributed by atoms with Crippen LogP contribution in [0.25, 0.3) is 11.1 Å². The Morgan fingerprint density at radius 1 is 0.931 bits per heavy atom. The molecule has 0 aromatic heterocycles. The summed E-state index contributed by atoms with van der Waals surface area (Å²) in [6.07, 6.45) is 0.915. The van der Waals surface area contributed by atoms with E-state index in [-0.39, 0.29) is 18.4 Å². The van der Waals surface area contributed by atoms with Crippen molar-refractivity contribution in [1.82, 2.24) is 5.32 Å². The highest BCUT2D eigenvalue weighted by Gasteiger charge is 2.18. The summed E-state index contributed by atoms with van der Waals surface area (Å²) in [5, 5.41) is 5.51. The Hall–Kier alpha value is -3.60. The first-order valence-electron chi connectivity index (χ1n) is 9.66. The van der Waals surface area contributed by atoms with E-state index in [1.54, 1.807) is 24.3 Å². The maximum absolute atomic E-state index is 12.3. The van der Waals surface area contributed by atoms with Crippen molar-refractivity contribution in [2.24, 2.45) is 0 Å². The lowest BCUT2D eigenvalue weighted by Crippen LogP contribution is -2.32. The first-order valence-corrected chi connectivity index (χ1v) is 9.66. The minimum absolute atomic E-state index is 0.0975. The van der Waals surface area contributed by atoms with E-state index in [0.717, 1.165) is 17.7 Å². The summed E-state index contributed by atoms with van der Waals surface area (Å²) in [6.45, 7) is 2.37. The fraction of sp³-hybridized carbons (Fsp3) is 0.167. The molecule has 2 N–H and O–H groups in total. The second-order valence-electron chi connectivity index (χ2n) is 6.89. The molecule has 3 aromatic rings. The zero-order valence-corrected chi connectivity index (χ0v) is 16.2. The van der Waals surface area contributed by atoms with Crippen molar-refractivity contribution in [3.8, 4) is 16.9 Å². The second-order valence-corrected chi connectivity index (χ2v) is 6.89. The summed E-state index contributed by atoms with van der Waals surface area (Å²) in [5.41, 5.74) is 6.12. The van der Waals surface area contributed by atoms with E-state index >= 15 is 0 Å². The third-order valence-electron chi connectivity index (χ3n) is 4.92. The molecule has 3 aromatic carbocycles. The average molecular weight is 386 g/mol. The Labute approximate surface area is 169 Å².